The lowest BCUT2D eigenvalue weighted by Crippen LogP contribution is -2.01. The number of fused-ring (bicyclic) bond motifs is 1. The molecule has 2 rings (SSSR count). The van der Waals surface area contributed by atoms with Crippen molar-refractivity contribution < 1.29 is 0 Å². The van der Waals surface area contributed by atoms with Gasteiger partial charge in [-0.3, -0.25) is 0 Å². The summed E-state index contributed by atoms with van der Waals surface area (Å²) in [5, 5.41) is 1.64. The van der Waals surface area contributed by atoms with Crippen molar-refractivity contribution in [2.75, 3.05) is 6.54 Å². The van der Waals surface area contributed by atoms with Crippen molar-refractivity contribution in [1.82, 2.24) is 9.97 Å². The first kappa shape index (κ1) is 8.53. The number of halogens is 1. The molecule has 3 N–H and O–H groups in total. The van der Waals surface area contributed by atoms with E-state index in [2.05, 4.69) is 9.97 Å². The maximum atomic E-state index is 5.79. The van der Waals surface area contributed by atoms with E-state index < -0.39 is 0 Å². The van der Waals surface area contributed by atoms with Crippen LogP contribution < -0.4 is 5.73 Å². The number of pyridine rings is 1. The van der Waals surface area contributed by atoms with Gasteiger partial charge in [0.15, 0.2) is 0 Å². The third-order valence-electron chi connectivity index (χ3n) is 2.03. The molecule has 4 heteroatoms. The number of nitrogens with zero attached hydrogens (tertiary/aromatic N) is 1. The van der Waals surface area contributed by atoms with Crippen LogP contribution in [-0.4, -0.2) is 16.5 Å². The number of hydrogen-bond donors (Lipinski definition) is 2. The average molecular weight is 196 g/mol. The van der Waals surface area contributed by atoms with Crippen molar-refractivity contribution in [3.8, 4) is 0 Å². The van der Waals surface area contributed by atoms with Crippen molar-refractivity contribution >= 4 is 22.5 Å². The van der Waals surface area contributed by atoms with E-state index >= 15 is 0 Å². The highest BCUT2D eigenvalue weighted by atomic mass is 35.5. The monoisotopic (exact) mass is 195 g/mol. The minimum absolute atomic E-state index is 0.519. The molecule has 2 aromatic rings. The molecule has 2 heterocycles. The standard InChI is InChI=1S/C9H10ClN3/c10-9-3-7-6(1-2-11)4-12-8(7)5-13-9/h3-5,12H,1-2,11H2. The molecular weight excluding hydrogens is 186 g/mol. The number of hydrogen-bond acceptors (Lipinski definition) is 2. The molecule has 2 aromatic heterocycles. The van der Waals surface area contributed by atoms with Gasteiger partial charge in [0.1, 0.15) is 5.15 Å². The zero-order valence-corrected chi connectivity index (χ0v) is 7.80. The van der Waals surface area contributed by atoms with Gasteiger partial charge in [-0.25, -0.2) is 4.98 Å². The van der Waals surface area contributed by atoms with Crippen LogP contribution in [0.25, 0.3) is 10.9 Å². The zero-order chi connectivity index (χ0) is 9.26. The molecule has 0 spiro atoms. The first-order chi connectivity index (χ1) is 6.31. The van der Waals surface area contributed by atoms with Gasteiger partial charge >= 0.3 is 0 Å². The summed E-state index contributed by atoms with van der Waals surface area (Å²) in [7, 11) is 0. The molecule has 0 radical (unpaired) electrons. The molecule has 0 saturated heterocycles. The lowest BCUT2D eigenvalue weighted by molar-refractivity contribution is 0.976. The first-order valence-electron chi connectivity index (χ1n) is 4.13. The van der Waals surface area contributed by atoms with Crippen LogP contribution in [0.15, 0.2) is 18.5 Å². The van der Waals surface area contributed by atoms with Crippen LogP contribution in [0.4, 0.5) is 0 Å². The van der Waals surface area contributed by atoms with Crippen LogP contribution in [0.5, 0.6) is 0 Å². The Labute approximate surface area is 80.9 Å². The predicted octanol–water partition coefficient (Wildman–Crippen LogP) is 1.72. The van der Waals surface area contributed by atoms with Crippen LogP contribution in [0.2, 0.25) is 5.15 Å². The maximum Gasteiger partial charge on any atom is 0.129 e. The van der Waals surface area contributed by atoms with Crippen LogP contribution in [0, 0.1) is 0 Å². The number of aromatic nitrogens is 2. The number of nitrogens with two attached hydrogens (primary N) is 1. The zero-order valence-electron chi connectivity index (χ0n) is 7.05. The largest absolute Gasteiger partial charge is 0.360 e. The van der Waals surface area contributed by atoms with E-state index in [4.69, 9.17) is 17.3 Å². The SMILES string of the molecule is NCCc1c[nH]c2cnc(Cl)cc12. The van der Waals surface area contributed by atoms with Gasteiger partial charge < -0.3 is 10.7 Å². The summed E-state index contributed by atoms with van der Waals surface area (Å²) in [6, 6.07) is 1.86. The molecule has 0 saturated carbocycles. The van der Waals surface area contributed by atoms with Crippen molar-refractivity contribution in [1.29, 1.82) is 0 Å². The second kappa shape index (κ2) is 3.36. The lowest BCUT2D eigenvalue weighted by Gasteiger charge is -1.95. The molecular formula is C9H10ClN3. The van der Waals surface area contributed by atoms with E-state index in [0.717, 1.165) is 17.3 Å². The third-order valence-corrected chi connectivity index (χ3v) is 2.24. The summed E-state index contributed by atoms with van der Waals surface area (Å²) >= 11 is 5.79. The molecule has 68 valence electrons. The summed E-state index contributed by atoms with van der Waals surface area (Å²) in [6.45, 7) is 0.646. The van der Waals surface area contributed by atoms with E-state index in [1.165, 1.54) is 5.56 Å². The van der Waals surface area contributed by atoms with Gasteiger partial charge in [0.2, 0.25) is 0 Å². The molecule has 0 aromatic carbocycles. The smallest absolute Gasteiger partial charge is 0.129 e. The number of H-pyrrole nitrogens is 1. The third kappa shape index (κ3) is 1.53. The molecule has 0 amide bonds. The first-order valence-corrected chi connectivity index (χ1v) is 4.50. The molecule has 0 aliphatic heterocycles. The van der Waals surface area contributed by atoms with E-state index in [1.807, 2.05) is 12.3 Å². The van der Waals surface area contributed by atoms with Crippen molar-refractivity contribution in [2.45, 2.75) is 6.42 Å². The molecule has 0 atom stereocenters. The highest BCUT2D eigenvalue weighted by Gasteiger charge is 2.03. The summed E-state index contributed by atoms with van der Waals surface area (Å²) < 4.78 is 0. The van der Waals surface area contributed by atoms with E-state index in [0.29, 0.717) is 11.7 Å². The Bertz CT molecular complexity index is 422. The Morgan fingerprint density at radius 3 is 3.15 bits per heavy atom. The fraction of sp³-hybridized carbons (Fsp3) is 0.222. The van der Waals surface area contributed by atoms with Crippen molar-refractivity contribution in [3.63, 3.8) is 0 Å². The fourth-order valence-corrected chi connectivity index (χ4v) is 1.57. The maximum absolute atomic E-state index is 5.79. The van der Waals surface area contributed by atoms with E-state index in [-0.39, 0.29) is 0 Å². The molecule has 0 unspecified atom stereocenters. The van der Waals surface area contributed by atoms with Gasteiger partial charge in [-0.05, 0) is 24.6 Å². The van der Waals surface area contributed by atoms with E-state index in [9.17, 15) is 0 Å². The van der Waals surface area contributed by atoms with Gasteiger partial charge in [0.25, 0.3) is 0 Å². The summed E-state index contributed by atoms with van der Waals surface area (Å²) in [5.74, 6) is 0. The van der Waals surface area contributed by atoms with Gasteiger partial charge in [0, 0.05) is 11.6 Å². The van der Waals surface area contributed by atoms with Crippen molar-refractivity contribution in [3.05, 3.63) is 29.2 Å². The van der Waals surface area contributed by atoms with E-state index in [1.54, 1.807) is 6.20 Å². The second-order valence-electron chi connectivity index (χ2n) is 2.91. The highest BCUT2D eigenvalue weighted by molar-refractivity contribution is 6.30. The molecule has 3 nitrogen and oxygen atoms in total. The quantitative estimate of drug-likeness (QED) is 0.717. The second-order valence-corrected chi connectivity index (χ2v) is 3.29. The Kier molecular flexibility index (Phi) is 2.20. The Hall–Kier alpha value is -1.06. The predicted molar refractivity (Wildman–Crippen MR) is 53.9 cm³/mol. The topological polar surface area (TPSA) is 54.7 Å². The number of aromatic amines is 1. The fourth-order valence-electron chi connectivity index (χ4n) is 1.42. The summed E-state index contributed by atoms with van der Waals surface area (Å²) in [6.07, 6.45) is 4.55. The van der Waals surface area contributed by atoms with Crippen molar-refractivity contribution in [2.24, 2.45) is 5.73 Å². The van der Waals surface area contributed by atoms with Crippen LogP contribution in [0.1, 0.15) is 5.56 Å². The molecule has 0 aliphatic rings. The summed E-state index contributed by atoms with van der Waals surface area (Å²) in [5.41, 5.74) is 7.69. The Morgan fingerprint density at radius 2 is 2.38 bits per heavy atom. The molecule has 0 fully saturated rings. The Balaban J connectivity index is 2.58. The number of rotatable bonds is 2. The normalized spacial score (nSPS) is 10.9. The number of nitrogens with one attached hydrogen (secondary N) is 1. The van der Waals surface area contributed by atoms with Gasteiger partial charge in [-0.1, -0.05) is 11.6 Å². The van der Waals surface area contributed by atoms with Gasteiger partial charge in [-0.15, -0.1) is 0 Å². The highest BCUT2D eigenvalue weighted by Crippen LogP contribution is 2.20. The lowest BCUT2D eigenvalue weighted by atomic mass is 10.1. The van der Waals surface area contributed by atoms with Crippen LogP contribution in [0.3, 0.4) is 0 Å². The molecule has 0 aliphatic carbocycles. The van der Waals surface area contributed by atoms with Crippen LogP contribution in [-0.2, 0) is 6.42 Å². The van der Waals surface area contributed by atoms with Crippen LogP contribution >= 0.6 is 11.6 Å². The molecule has 13 heavy (non-hydrogen) atoms. The Morgan fingerprint density at radius 1 is 1.54 bits per heavy atom. The molecule has 0 bridgehead atoms. The minimum atomic E-state index is 0.519. The average Bonchev–Trinajstić information content (AvgIpc) is 2.49. The van der Waals surface area contributed by atoms with Gasteiger partial charge in [0.05, 0.1) is 11.7 Å². The minimum Gasteiger partial charge on any atom is -0.360 e. The summed E-state index contributed by atoms with van der Waals surface area (Å²) in [4.78, 5) is 7.11. The van der Waals surface area contributed by atoms with Gasteiger partial charge in [-0.2, -0.15) is 0 Å².